The van der Waals surface area contributed by atoms with E-state index in [4.69, 9.17) is 28.9 Å². The summed E-state index contributed by atoms with van der Waals surface area (Å²) in [4.78, 5) is 2.57. The van der Waals surface area contributed by atoms with Gasteiger partial charge in [-0.3, -0.25) is 0 Å². The summed E-state index contributed by atoms with van der Waals surface area (Å²) in [5.74, 6) is 0. The summed E-state index contributed by atoms with van der Waals surface area (Å²) in [5, 5.41) is 2.16. The van der Waals surface area contributed by atoms with Crippen LogP contribution in [0, 0.1) is 0 Å². The number of hydrogen-bond donors (Lipinski definition) is 2. The predicted molar refractivity (Wildman–Crippen MR) is 80.1 cm³/mol. The Hall–Kier alpha value is -0.370. The summed E-state index contributed by atoms with van der Waals surface area (Å²) in [6.45, 7) is 1.56. The van der Waals surface area contributed by atoms with Gasteiger partial charge >= 0.3 is 0 Å². The van der Waals surface area contributed by atoms with Crippen molar-refractivity contribution in [1.82, 2.24) is 9.84 Å². The molecule has 0 spiro atoms. The zero-order valence-electron chi connectivity index (χ0n) is 10.9. The number of nitrogens with zero attached hydrogens (tertiary/aromatic N) is 1. The Bertz CT molecular complexity index is 587. The summed E-state index contributed by atoms with van der Waals surface area (Å²) >= 11 is 12.0. The van der Waals surface area contributed by atoms with Gasteiger partial charge in [-0.05, 0) is 30.5 Å². The monoisotopic (exact) mass is 337 g/mol. The van der Waals surface area contributed by atoms with Crippen molar-refractivity contribution in [3.63, 3.8) is 0 Å². The molecule has 1 fully saturated rings. The average molecular weight is 338 g/mol. The normalized spacial score (nSPS) is 17.4. The molecule has 0 saturated carbocycles. The molecule has 2 rings (SSSR count). The Kier molecular flexibility index (Phi) is 5.28. The standard InChI is InChI=1S/C12H17Cl2N3O2S/c13-10-7-11(14)12(6-9(10)8-15)20(18,19)16-17-4-2-1-3-5-17/h6-7,16H,1-5,8,15H2. The zero-order valence-corrected chi connectivity index (χ0v) is 13.2. The summed E-state index contributed by atoms with van der Waals surface area (Å²) < 4.78 is 24.8. The van der Waals surface area contributed by atoms with Crippen LogP contribution in [0.4, 0.5) is 0 Å². The molecule has 1 aliphatic heterocycles. The second-order valence-electron chi connectivity index (χ2n) is 4.72. The first-order valence-electron chi connectivity index (χ1n) is 6.39. The van der Waals surface area contributed by atoms with Gasteiger partial charge in [0.25, 0.3) is 10.0 Å². The molecule has 0 aliphatic carbocycles. The Morgan fingerprint density at radius 3 is 2.40 bits per heavy atom. The van der Waals surface area contributed by atoms with Crippen molar-refractivity contribution in [3.8, 4) is 0 Å². The molecule has 0 aromatic heterocycles. The topological polar surface area (TPSA) is 75.4 Å². The van der Waals surface area contributed by atoms with Gasteiger partial charge in [-0.15, -0.1) is 4.83 Å². The van der Waals surface area contributed by atoms with Crippen molar-refractivity contribution < 1.29 is 8.42 Å². The molecule has 3 N–H and O–H groups in total. The van der Waals surface area contributed by atoms with E-state index in [1.165, 1.54) is 12.1 Å². The maximum absolute atomic E-state index is 12.4. The third-order valence-corrected chi connectivity index (χ3v) is 5.41. The van der Waals surface area contributed by atoms with Crippen molar-refractivity contribution in [2.24, 2.45) is 5.73 Å². The molecule has 8 heteroatoms. The molecular formula is C12H17Cl2N3O2S. The van der Waals surface area contributed by atoms with Crippen LogP contribution in [0.1, 0.15) is 24.8 Å². The molecule has 0 radical (unpaired) electrons. The van der Waals surface area contributed by atoms with Crippen LogP contribution in [-0.4, -0.2) is 26.5 Å². The molecule has 112 valence electrons. The maximum atomic E-state index is 12.4. The zero-order chi connectivity index (χ0) is 14.8. The average Bonchev–Trinajstić information content (AvgIpc) is 2.39. The molecule has 5 nitrogen and oxygen atoms in total. The van der Waals surface area contributed by atoms with E-state index in [1.807, 2.05) is 0 Å². The molecular weight excluding hydrogens is 321 g/mol. The molecule has 1 heterocycles. The molecule has 0 amide bonds. The minimum Gasteiger partial charge on any atom is -0.326 e. The van der Waals surface area contributed by atoms with Crippen molar-refractivity contribution in [1.29, 1.82) is 0 Å². The SMILES string of the molecule is NCc1cc(S(=O)(=O)NN2CCCCC2)c(Cl)cc1Cl. The maximum Gasteiger partial charge on any atom is 0.254 e. The Morgan fingerprint density at radius 1 is 1.15 bits per heavy atom. The van der Waals surface area contributed by atoms with Crippen LogP contribution in [0.15, 0.2) is 17.0 Å². The van der Waals surface area contributed by atoms with E-state index in [1.54, 1.807) is 5.01 Å². The summed E-state index contributed by atoms with van der Waals surface area (Å²) in [6, 6.07) is 2.84. The number of nitrogens with two attached hydrogens (primary N) is 1. The lowest BCUT2D eigenvalue weighted by Crippen LogP contribution is -2.45. The van der Waals surface area contributed by atoms with Gasteiger partial charge in [0.05, 0.1) is 5.02 Å². The first kappa shape index (κ1) is 16.0. The van der Waals surface area contributed by atoms with Gasteiger partial charge in [-0.1, -0.05) is 29.6 Å². The van der Waals surface area contributed by atoms with Crippen molar-refractivity contribution in [2.45, 2.75) is 30.7 Å². The van der Waals surface area contributed by atoms with Gasteiger partial charge in [-0.2, -0.15) is 0 Å². The molecule has 1 aromatic carbocycles. The van der Waals surface area contributed by atoms with Crippen LogP contribution in [0.25, 0.3) is 0 Å². The van der Waals surface area contributed by atoms with Gasteiger partial charge < -0.3 is 5.73 Å². The highest BCUT2D eigenvalue weighted by Gasteiger charge is 2.23. The number of piperidine rings is 1. The van der Waals surface area contributed by atoms with E-state index < -0.39 is 10.0 Å². The van der Waals surface area contributed by atoms with E-state index in [9.17, 15) is 8.42 Å². The number of sulfonamides is 1. The second-order valence-corrected chi connectivity index (χ2v) is 7.16. The largest absolute Gasteiger partial charge is 0.326 e. The van der Waals surface area contributed by atoms with Gasteiger partial charge in [-0.25, -0.2) is 13.4 Å². The van der Waals surface area contributed by atoms with Crippen molar-refractivity contribution in [3.05, 3.63) is 27.7 Å². The summed E-state index contributed by atoms with van der Waals surface area (Å²) in [5.41, 5.74) is 6.09. The predicted octanol–water partition coefficient (Wildman–Crippen LogP) is 2.13. The highest BCUT2D eigenvalue weighted by atomic mass is 35.5. The molecule has 1 aromatic rings. The van der Waals surface area contributed by atoms with Crippen molar-refractivity contribution >= 4 is 33.2 Å². The third kappa shape index (κ3) is 3.63. The van der Waals surface area contributed by atoms with Crippen LogP contribution in [0.5, 0.6) is 0 Å². The third-order valence-electron chi connectivity index (χ3n) is 3.22. The molecule has 0 unspecified atom stereocenters. The van der Waals surface area contributed by atoms with Gasteiger partial charge in [0.1, 0.15) is 4.90 Å². The van der Waals surface area contributed by atoms with Crippen LogP contribution >= 0.6 is 23.2 Å². The van der Waals surface area contributed by atoms with Crippen molar-refractivity contribution in [2.75, 3.05) is 13.1 Å². The second kappa shape index (κ2) is 6.60. The molecule has 1 aliphatic rings. The first-order chi connectivity index (χ1) is 9.44. The number of nitrogens with one attached hydrogen (secondary N) is 1. The number of hydrogen-bond acceptors (Lipinski definition) is 4. The van der Waals surface area contributed by atoms with Gasteiger partial charge in [0.2, 0.25) is 0 Å². The Balaban J connectivity index is 2.28. The van der Waals surface area contributed by atoms with E-state index in [0.29, 0.717) is 23.7 Å². The van der Waals surface area contributed by atoms with E-state index in [0.717, 1.165) is 19.3 Å². The van der Waals surface area contributed by atoms with Crippen LogP contribution in [0.3, 0.4) is 0 Å². The summed E-state index contributed by atoms with van der Waals surface area (Å²) in [7, 11) is -3.71. The molecule has 20 heavy (non-hydrogen) atoms. The highest BCUT2D eigenvalue weighted by molar-refractivity contribution is 7.89. The Labute approximate surface area is 129 Å². The van der Waals surface area contributed by atoms with Crippen LogP contribution in [0.2, 0.25) is 10.0 Å². The van der Waals surface area contributed by atoms with E-state index in [2.05, 4.69) is 4.83 Å². The smallest absolute Gasteiger partial charge is 0.254 e. The first-order valence-corrected chi connectivity index (χ1v) is 8.63. The summed E-state index contributed by atoms with van der Waals surface area (Å²) in [6.07, 6.45) is 3.08. The fourth-order valence-electron chi connectivity index (χ4n) is 2.14. The highest BCUT2D eigenvalue weighted by Crippen LogP contribution is 2.28. The van der Waals surface area contributed by atoms with Crippen LogP contribution in [-0.2, 0) is 16.6 Å². The molecule has 0 bridgehead atoms. The molecule has 1 saturated heterocycles. The number of rotatable bonds is 4. The van der Waals surface area contributed by atoms with E-state index in [-0.39, 0.29) is 16.5 Å². The molecule has 0 atom stereocenters. The fourth-order valence-corrected chi connectivity index (χ4v) is 4.14. The lowest BCUT2D eigenvalue weighted by Gasteiger charge is -2.26. The number of hydrazine groups is 1. The van der Waals surface area contributed by atoms with Gasteiger partial charge in [0, 0.05) is 24.7 Å². The van der Waals surface area contributed by atoms with E-state index >= 15 is 0 Å². The number of halogens is 2. The van der Waals surface area contributed by atoms with Gasteiger partial charge in [0.15, 0.2) is 0 Å². The lowest BCUT2D eigenvalue weighted by molar-refractivity contribution is 0.200. The quantitative estimate of drug-likeness (QED) is 0.882. The number of benzene rings is 1. The minimum absolute atomic E-state index is 0.00888. The Morgan fingerprint density at radius 2 is 1.80 bits per heavy atom. The minimum atomic E-state index is -3.71. The fraction of sp³-hybridized carbons (Fsp3) is 0.500. The van der Waals surface area contributed by atoms with Crippen LogP contribution < -0.4 is 10.6 Å². The lowest BCUT2D eigenvalue weighted by atomic mass is 10.2.